The SMILES string of the molecule is O=C(O)CN1C(=O)c2cccc(NC3=CC(=O)N(CCO)C3=O)c2C1=O. The number of β-amino-alcohol motifs (C(OH)–C–C–N with tert-alkyl or cyclic N) is 1. The van der Waals surface area contributed by atoms with Crippen LogP contribution in [0.25, 0.3) is 0 Å². The molecular weight excluding hydrogens is 346 g/mol. The predicted octanol–water partition coefficient (Wildman–Crippen LogP) is -0.976. The summed E-state index contributed by atoms with van der Waals surface area (Å²) in [4.78, 5) is 60.9. The molecule has 0 spiro atoms. The Morgan fingerprint density at radius 1 is 1.04 bits per heavy atom. The number of nitrogens with zero attached hydrogens (tertiary/aromatic N) is 2. The van der Waals surface area contributed by atoms with E-state index in [9.17, 15) is 24.0 Å². The molecule has 2 aliphatic heterocycles. The summed E-state index contributed by atoms with van der Waals surface area (Å²) in [5.41, 5.74) is -0.0767. The number of fused-ring (bicyclic) bond motifs is 1. The van der Waals surface area contributed by atoms with Gasteiger partial charge in [0.25, 0.3) is 23.6 Å². The number of imide groups is 2. The number of nitrogens with one attached hydrogen (secondary N) is 1. The Kier molecular flexibility index (Phi) is 4.26. The fourth-order valence-corrected chi connectivity index (χ4v) is 2.77. The first-order valence-corrected chi connectivity index (χ1v) is 7.51. The van der Waals surface area contributed by atoms with Gasteiger partial charge in [-0.1, -0.05) is 6.07 Å². The third kappa shape index (κ3) is 2.71. The lowest BCUT2D eigenvalue weighted by atomic mass is 10.1. The third-order valence-corrected chi connectivity index (χ3v) is 3.89. The first kappa shape index (κ1) is 17.3. The number of aliphatic hydroxyl groups excluding tert-OH is 1. The number of hydrogen-bond acceptors (Lipinski definition) is 7. The van der Waals surface area contributed by atoms with E-state index in [0.717, 1.165) is 11.0 Å². The van der Waals surface area contributed by atoms with Crippen molar-refractivity contribution in [3.05, 3.63) is 41.1 Å². The van der Waals surface area contributed by atoms with Gasteiger partial charge in [-0.05, 0) is 12.1 Å². The Labute approximate surface area is 146 Å². The maximum atomic E-state index is 12.4. The predicted molar refractivity (Wildman–Crippen MR) is 85.0 cm³/mol. The number of carbonyl (C=O) groups excluding carboxylic acids is 4. The molecule has 134 valence electrons. The first-order chi connectivity index (χ1) is 12.3. The Hall–Kier alpha value is -3.53. The summed E-state index contributed by atoms with van der Waals surface area (Å²) >= 11 is 0. The minimum absolute atomic E-state index is 0.00540. The molecule has 10 heteroatoms. The van der Waals surface area contributed by atoms with Crippen LogP contribution in [0.15, 0.2) is 30.0 Å². The molecule has 3 rings (SSSR count). The van der Waals surface area contributed by atoms with E-state index in [1.165, 1.54) is 18.2 Å². The molecule has 0 fully saturated rings. The number of benzene rings is 1. The molecule has 0 saturated carbocycles. The van der Waals surface area contributed by atoms with Crippen molar-refractivity contribution in [2.45, 2.75) is 0 Å². The van der Waals surface area contributed by atoms with Crippen molar-refractivity contribution in [1.82, 2.24) is 9.80 Å². The summed E-state index contributed by atoms with van der Waals surface area (Å²) < 4.78 is 0. The molecule has 0 unspecified atom stereocenters. The molecule has 0 aromatic heterocycles. The van der Waals surface area contributed by atoms with Crippen molar-refractivity contribution in [1.29, 1.82) is 0 Å². The van der Waals surface area contributed by atoms with Gasteiger partial charge in [0.15, 0.2) is 0 Å². The number of hydrogen-bond donors (Lipinski definition) is 3. The van der Waals surface area contributed by atoms with Crippen LogP contribution in [0.1, 0.15) is 20.7 Å². The van der Waals surface area contributed by atoms with E-state index in [4.69, 9.17) is 10.2 Å². The molecular formula is C16H13N3O7. The summed E-state index contributed by atoms with van der Waals surface area (Å²) in [6, 6.07) is 4.27. The van der Waals surface area contributed by atoms with Gasteiger partial charge in [0.1, 0.15) is 12.2 Å². The van der Waals surface area contributed by atoms with Crippen molar-refractivity contribution in [3.63, 3.8) is 0 Å². The van der Waals surface area contributed by atoms with Crippen LogP contribution < -0.4 is 5.32 Å². The van der Waals surface area contributed by atoms with E-state index in [-0.39, 0.29) is 29.1 Å². The molecule has 4 amide bonds. The van der Waals surface area contributed by atoms with Gasteiger partial charge < -0.3 is 15.5 Å². The second-order valence-electron chi connectivity index (χ2n) is 5.52. The quantitative estimate of drug-likeness (QED) is 0.550. The van der Waals surface area contributed by atoms with Crippen LogP contribution in [0.3, 0.4) is 0 Å². The van der Waals surface area contributed by atoms with E-state index >= 15 is 0 Å². The standard InChI is InChI=1S/C16H13N3O7/c20-5-4-18-11(21)6-10(15(18)25)17-9-3-1-2-8-13(9)16(26)19(14(8)24)7-12(22)23/h1-3,6,17,20H,4-5,7H2,(H,22,23). The molecule has 1 aromatic rings. The number of anilines is 1. The highest BCUT2D eigenvalue weighted by Gasteiger charge is 2.39. The van der Waals surface area contributed by atoms with Crippen molar-refractivity contribution >= 4 is 35.3 Å². The maximum Gasteiger partial charge on any atom is 0.323 e. The molecule has 2 heterocycles. The normalized spacial score (nSPS) is 16.3. The van der Waals surface area contributed by atoms with Gasteiger partial charge in [-0.3, -0.25) is 33.8 Å². The molecule has 26 heavy (non-hydrogen) atoms. The number of carbonyl (C=O) groups is 5. The van der Waals surface area contributed by atoms with Gasteiger partial charge in [-0.25, -0.2) is 0 Å². The number of carboxylic acid groups (broad SMARTS) is 1. The van der Waals surface area contributed by atoms with Crippen LogP contribution >= 0.6 is 0 Å². The lowest BCUT2D eigenvalue weighted by Gasteiger charge is -2.14. The van der Waals surface area contributed by atoms with E-state index in [2.05, 4.69) is 5.32 Å². The minimum atomic E-state index is -1.34. The minimum Gasteiger partial charge on any atom is -0.480 e. The summed E-state index contributed by atoms with van der Waals surface area (Å²) in [7, 11) is 0. The highest BCUT2D eigenvalue weighted by Crippen LogP contribution is 2.30. The Bertz CT molecular complexity index is 890. The molecule has 1 aromatic carbocycles. The number of carboxylic acids is 1. The molecule has 0 saturated heterocycles. The zero-order valence-electron chi connectivity index (χ0n) is 13.3. The van der Waals surface area contributed by atoms with E-state index in [1.807, 2.05) is 0 Å². The highest BCUT2D eigenvalue weighted by atomic mass is 16.4. The lowest BCUT2D eigenvalue weighted by molar-refractivity contribution is -0.138. The van der Waals surface area contributed by atoms with E-state index < -0.39 is 42.7 Å². The summed E-state index contributed by atoms with van der Waals surface area (Å²) in [5.74, 6) is -4.19. The average Bonchev–Trinajstić information content (AvgIpc) is 2.98. The largest absolute Gasteiger partial charge is 0.480 e. The van der Waals surface area contributed by atoms with Crippen LogP contribution in [0.4, 0.5) is 5.69 Å². The molecule has 0 atom stereocenters. The van der Waals surface area contributed by atoms with Crippen molar-refractivity contribution < 1.29 is 34.2 Å². The average molecular weight is 359 g/mol. The highest BCUT2D eigenvalue weighted by molar-refractivity contribution is 6.25. The van der Waals surface area contributed by atoms with Crippen molar-refractivity contribution in [2.24, 2.45) is 0 Å². The molecule has 2 aliphatic rings. The van der Waals surface area contributed by atoms with Gasteiger partial charge in [0, 0.05) is 6.08 Å². The molecule has 10 nitrogen and oxygen atoms in total. The van der Waals surface area contributed by atoms with Gasteiger partial charge in [0.2, 0.25) is 0 Å². The fraction of sp³-hybridized carbons (Fsp3) is 0.188. The van der Waals surface area contributed by atoms with Gasteiger partial charge in [0.05, 0.1) is 30.0 Å². The lowest BCUT2D eigenvalue weighted by Crippen LogP contribution is -2.35. The number of aliphatic hydroxyl groups is 1. The second kappa shape index (κ2) is 6.41. The monoisotopic (exact) mass is 359 g/mol. The van der Waals surface area contributed by atoms with Crippen LogP contribution in [0.5, 0.6) is 0 Å². The van der Waals surface area contributed by atoms with E-state index in [0.29, 0.717) is 4.90 Å². The van der Waals surface area contributed by atoms with Gasteiger partial charge in [-0.2, -0.15) is 0 Å². The molecule has 3 N–H and O–H groups in total. The number of rotatable bonds is 6. The fourth-order valence-electron chi connectivity index (χ4n) is 2.77. The van der Waals surface area contributed by atoms with Crippen LogP contribution in [0.2, 0.25) is 0 Å². The smallest absolute Gasteiger partial charge is 0.323 e. The second-order valence-corrected chi connectivity index (χ2v) is 5.52. The van der Waals surface area contributed by atoms with Crippen molar-refractivity contribution in [2.75, 3.05) is 25.0 Å². The Morgan fingerprint density at radius 2 is 1.77 bits per heavy atom. The van der Waals surface area contributed by atoms with Gasteiger partial charge >= 0.3 is 5.97 Å². The molecule has 0 aliphatic carbocycles. The summed E-state index contributed by atoms with van der Waals surface area (Å²) in [6.45, 7) is -1.34. The van der Waals surface area contributed by atoms with Crippen LogP contribution in [0, 0.1) is 0 Å². The summed E-state index contributed by atoms with van der Waals surface area (Å²) in [6.07, 6.45) is 1.02. The Balaban J connectivity index is 1.92. The topological polar surface area (TPSA) is 144 Å². The van der Waals surface area contributed by atoms with Crippen molar-refractivity contribution in [3.8, 4) is 0 Å². The summed E-state index contributed by atoms with van der Waals surface area (Å²) in [5, 5.41) is 20.4. The first-order valence-electron chi connectivity index (χ1n) is 7.51. The Morgan fingerprint density at radius 3 is 2.42 bits per heavy atom. The molecule has 0 bridgehead atoms. The number of amides is 4. The van der Waals surface area contributed by atoms with Crippen LogP contribution in [-0.2, 0) is 14.4 Å². The van der Waals surface area contributed by atoms with Crippen LogP contribution in [-0.4, -0.2) is 69.3 Å². The third-order valence-electron chi connectivity index (χ3n) is 3.89. The maximum absolute atomic E-state index is 12.4. The zero-order valence-corrected chi connectivity index (χ0v) is 13.3. The molecule has 0 radical (unpaired) electrons. The number of aliphatic carboxylic acids is 1. The zero-order chi connectivity index (χ0) is 19.0. The van der Waals surface area contributed by atoms with E-state index in [1.54, 1.807) is 0 Å². The van der Waals surface area contributed by atoms with Gasteiger partial charge in [-0.15, -0.1) is 0 Å².